The molecule has 0 aromatic rings. The molecule has 0 saturated heterocycles. The lowest BCUT2D eigenvalue weighted by Gasteiger charge is -2.57. The van der Waals surface area contributed by atoms with Gasteiger partial charge in [0.2, 0.25) is 0 Å². The monoisotopic (exact) mass is 400 g/mol. The lowest BCUT2D eigenvalue weighted by atomic mass is 9.48. The highest BCUT2D eigenvalue weighted by atomic mass is 16.5. The molecule has 0 N–H and O–H groups in total. The molecule has 6 atom stereocenters. The maximum atomic E-state index is 11.5. The van der Waals surface area contributed by atoms with Crippen molar-refractivity contribution in [1.82, 2.24) is 0 Å². The zero-order chi connectivity index (χ0) is 21.0. The summed E-state index contributed by atoms with van der Waals surface area (Å²) in [6, 6.07) is 0. The highest BCUT2D eigenvalue weighted by molar-refractivity contribution is 5.67. The van der Waals surface area contributed by atoms with Crippen LogP contribution in [0, 0.1) is 28.6 Å². The molecule has 0 radical (unpaired) electrons. The molecule has 0 aromatic heterocycles. The van der Waals surface area contributed by atoms with Gasteiger partial charge < -0.3 is 9.47 Å². The van der Waals surface area contributed by atoms with E-state index in [1.165, 1.54) is 44.3 Å². The van der Waals surface area contributed by atoms with Crippen LogP contribution in [0.3, 0.4) is 0 Å². The molecule has 0 unspecified atom stereocenters. The molecule has 4 aliphatic rings. The summed E-state index contributed by atoms with van der Waals surface area (Å²) < 4.78 is 11.1. The summed E-state index contributed by atoms with van der Waals surface area (Å²) in [7, 11) is 0. The predicted octanol–water partition coefficient (Wildman–Crippen LogP) is 5.72. The number of ether oxygens (including phenoxy) is 2. The molecular formula is C25H36O4. The van der Waals surface area contributed by atoms with Crippen LogP contribution in [0.5, 0.6) is 0 Å². The molecule has 0 aliphatic heterocycles. The SMILES string of the molecule is CC(=O)O/C(C)=C1/CC[C@H]2[C@@H]3CC=C4C[C@H](OC(C)=O)CC[C@]4(C)[C@H]3CC[C@]12C. The first-order valence-corrected chi connectivity index (χ1v) is 11.4. The van der Waals surface area contributed by atoms with Crippen molar-refractivity contribution in [2.45, 2.75) is 92.1 Å². The van der Waals surface area contributed by atoms with E-state index in [1.807, 2.05) is 6.92 Å². The van der Waals surface area contributed by atoms with Crippen molar-refractivity contribution in [2.24, 2.45) is 28.6 Å². The summed E-state index contributed by atoms with van der Waals surface area (Å²) in [5.41, 5.74) is 3.33. The molecule has 0 aromatic carbocycles. The molecule has 29 heavy (non-hydrogen) atoms. The van der Waals surface area contributed by atoms with Crippen LogP contribution in [-0.2, 0) is 19.1 Å². The number of esters is 2. The molecule has 4 aliphatic carbocycles. The third-order valence-electron chi connectivity index (χ3n) is 8.90. The Kier molecular flexibility index (Phi) is 5.19. The van der Waals surface area contributed by atoms with Crippen LogP contribution in [0.15, 0.2) is 23.0 Å². The second kappa shape index (κ2) is 7.28. The first-order valence-electron chi connectivity index (χ1n) is 11.4. The van der Waals surface area contributed by atoms with Crippen LogP contribution in [0.25, 0.3) is 0 Å². The summed E-state index contributed by atoms with van der Waals surface area (Å²) in [6.07, 6.45) is 11.4. The van der Waals surface area contributed by atoms with E-state index in [4.69, 9.17) is 9.47 Å². The standard InChI is InChI=1S/C25H36O4/c1-15(28-16(2)26)21-8-9-22-20-7-6-18-14-19(29-17(3)27)10-12-24(18,4)23(20)11-13-25(21,22)5/h6,19-20,22-23H,7-14H2,1-5H3/b21-15-/t19-,20+,22+,23+,24+,25-/m1/s1. The van der Waals surface area contributed by atoms with Gasteiger partial charge >= 0.3 is 11.9 Å². The fourth-order valence-corrected chi connectivity index (χ4v) is 7.63. The van der Waals surface area contributed by atoms with Crippen molar-refractivity contribution in [1.29, 1.82) is 0 Å². The number of rotatable bonds is 2. The van der Waals surface area contributed by atoms with Crippen LogP contribution in [0.1, 0.15) is 86.0 Å². The fraction of sp³-hybridized carbons (Fsp3) is 0.760. The van der Waals surface area contributed by atoms with Gasteiger partial charge in [-0.2, -0.15) is 0 Å². The summed E-state index contributed by atoms with van der Waals surface area (Å²) in [4.78, 5) is 22.9. The number of carbonyl (C=O) groups is 2. The van der Waals surface area contributed by atoms with Gasteiger partial charge in [-0.1, -0.05) is 25.5 Å². The van der Waals surface area contributed by atoms with Crippen LogP contribution in [0.4, 0.5) is 0 Å². The van der Waals surface area contributed by atoms with Gasteiger partial charge in [0.1, 0.15) is 11.9 Å². The zero-order valence-electron chi connectivity index (χ0n) is 18.7. The maximum absolute atomic E-state index is 11.5. The Morgan fingerprint density at radius 3 is 2.34 bits per heavy atom. The molecule has 4 nitrogen and oxygen atoms in total. The van der Waals surface area contributed by atoms with Crippen molar-refractivity contribution in [2.75, 3.05) is 0 Å². The van der Waals surface area contributed by atoms with Crippen molar-refractivity contribution in [3.63, 3.8) is 0 Å². The molecular weight excluding hydrogens is 364 g/mol. The number of fused-ring (bicyclic) bond motifs is 5. The van der Waals surface area contributed by atoms with Crippen LogP contribution >= 0.6 is 0 Å². The predicted molar refractivity (Wildman–Crippen MR) is 112 cm³/mol. The minimum Gasteiger partial charge on any atom is -0.462 e. The highest BCUT2D eigenvalue weighted by Gasteiger charge is 2.57. The number of allylic oxidation sites excluding steroid dienone is 3. The number of carbonyl (C=O) groups excluding carboxylic acids is 2. The first-order chi connectivity index (χ1) is 13.6. The van der Waals surface area contributed by atoms with Gasteiger partial charge in [0, 0.05) is 20.3 Å². The van der Waals surface area contributed by atoms with Crippen LogP contribution < -0.4 is 0 Å². The van der Waals surface area contributed by atoms with Gasteiger partial charge in [-0.05, 0) is 86.0 Å². The molecule has 3 saturated carbocycles. The average molecular weight is 401 g/mol. The molecule has 0 spiro atoms. The number of hydrogen-bond donors (Lipinski definition) is 0. The third kappa shape index (κ3) is 3.37. The van der Waals surface area contributed by atoms with E-state index in [1.54, 1.807) is 0 Å². The molecule has 4 rings (SSSR count). The Labute approximate surface area is 175 Å². The van der Waals surface area contributed by atoms with Crippen molar-refractivity contribution in [3.8, 4) is 0 Å². The second-order valence-corrected chi connectivity index (χ2v) is 10.4. The van der Waals surface area contributed by atoms with E-state index in [-0.39, 0.29) is 28.9 Å². The smallest absolute Gasteiger partial charge is 0.307 e. The van der Waals surface area contributed by atoms with Gasteiger partial charge in [0.15, 0.2) is 0 Å². The average Bonchev–Trinajstić information content (AvgIpc) is 2.98. The molecule has 0 amide bonds. The third-order valence-corrected chi connectivity index (χ3v) is 8.90. The zero-order valence-corrected chi connectivity index (χ0v) is 18.7. The van der Waals surface area contributed by atoms with Crippen molar-refractivity contribution in [3.05, 3.63) is 23.0 Å². The van der Waals surface area contributed by atoms with E-state index in [2.05, 4.69) is 19.9 Å². The van der Waals surface area contributed by atoms with Crippen LogP contribution in [0.2, 0.25) is 0 Å². The summed E-state index contributed by atoms with van der Waals surface area (Å²) in [6.45, 7) is 9.88. The molecule has 160 valence electrons. The van der Waals surface area contributed by atoms with Gasteiger partial charge in [0.05, 0.1) is 0 Å². The van der Waals surface area contributed by atoms with E-state index < -0.39 is 0 Å². The first kappa shape index (κ1) is 20.7. The molecule has 0 bridgehead atoms. The second-order valence-electron chi connectivity index (χ2n) is 10.4. The van der Waals surface area contributed by atoms with Crippen LogP contribution in [-0.4, -0.2) is 18.0 Å². The van der Waals surface area contributed by atoms with E-state index in [0.29, 0.717) is 17.8 Å². The minimum atomic E-state index is -0.210. The van der Waals surface area contributed by atoms with Crippen molar-refractivity contribution >= 4 is 11.9 Å². The van der Waals surface area contributed by atoms with E-state index in [9.17, 15) is 9.59 Å². The summed E-state index contributed by atoms with van der Waals surface area (Å²) in [5, 5.41) is 0. The van der Waals surface area contributed by atoms with Gasteiger partial charge in [0.25, 0.3) is 0 Å². The Morgan fingerprint density at radius 2 is 1.66 bits per heavy atom. The summed E-state index contributed by atoms with van der Waals surface area (Å²) in [5.74, 6) is 2.57. The molecule has 4 heteroatoms. The van der Waals surface area contributed by atoms with Crippen molar-refractivity contribution < 1.29 is 19.1 Å². The van der Waals surface area contributed by atoms with E-state index in [0.717, 1.165) is 37.9 Å². The lowest BCUT2D eigenvalue weighted by molar-refractivity contribution is -0.148. The Bertz CT molecular complexity index is 778. The quantitative estimate of drug-likeness (QED) is 0.338. The largest absolute Gasteiger partial charge is 0.462 e. The topological polar surface area (TPSA) is 52.6 Å². The lowest BCUT2D eigenvalue weighted by Crippen LogP contribution is -2.49. The van der Waals surface area contributed by atoms with E-state index >= 15 is 0 Å². The Balaban J connectivity index is 1.59. The van der Waals surface area contributed by atoms with Gasteiger partial charge in [-0.15, -0.1) is 0 Å². The normalized spacial score (nSPS) is 42.7. The highest BCUT2D eigenvalue weighted by Crippen LogP contribution is 2.66. The summed E-state index contributed by atoms with van der Waals surface area (Å²) >= 11 is 0. The minimum absolute atomic E-state index is 0.0598. The molecule has 3 fully saturated rings. The Hall–Kier alpha value is -1.58. The fourth-order valence-electron chi connectivity index (χ4n) is 7.63. The number of hydrogen-bond acceptors (Lipinski definition) is 4. The maximum Gasteiger partial charge on any atom is 0.307 e. The van der Waals surface area contributed by atoms with Gasteiger partial charge in [-0.3, -0.25) is 9.59 Å². The Morgan fingerprint density at radius 1 is 0.966 bits per heavy atom. The van der Waals surface area contributed by atoms with Gasteiger partial charge in [-0.25, -0.2) is 0 Å². The molecule has 0 heterocycles.